The monoisotopic (exact) mass is 363 g/mol. The zero-order valence-electron chi connectivity index (χ0n) is 14.4. The maximum absolute atomic E-state index is 12.7. The zero-order valence-corrected chi connectivity index (χ0v) is 15.3. The van der Waals surface area contributed by atoms with Gasteiger partial charge in [-0.25, -0.2) is 0 Å². The van der Waals surface area contributed by atoms with Crippen LogP contribution in [0.15, 0.2) is 58.2 Å². The van der Waals surface area contributed by atoms with Gasteiger partial charge in [0.1, 0.15) is 0 Å². The summed E-state index contributed by atoms with van der Waals surface area (Å²) in [5, 5.41) is 9.45. The van der Waals surface area contributed by atoms with Crippen LogP contribution >= 0.6 is 11.8 Å². The summed E-state index contributed by atoms with van der Waals surface area (Å²) in [5.41, 5.74) is 4.61. The minimum Gasteiger partial charge on any atom is -0.411 e. The highest BCUT2D eigenvalue weighted by Crippen LogP contribution is 2.27. The number of ketones is 1. The average molecular weight is 363 g/mol. The van der Waals surface area contributed by atoms with E-state index >= 15 is 0 Å². The second-order valence-electron chi connectivity index (χ2n) is 6.12. The molecule has 6 heteroatoms. The molecule has 0 saturated carbocycles. The molecule has 0 saturated heterocycles. The van der Waals surface area contributed by atoms with Crippen molar-refractivity contribution in [3.63, 3.8) is 0 Å². The second kappa shape index (κ2) is 6.80. The molecule has 2 aromatic carbocycles. The molecule has 4 aromatic rings. The molecule has 130 valence electrons. The van der Waals surface area contributed by atoms with E-state index in [2.05, 4.69) is 15.2 Å². The van der Waals surface area contributed by atoms with Crippen LogP contribution in [0.4, 0.5) is 0 Å². The minimum absolute atomic E-state index is 0.0417. The van der Waals surface area contributed by atoms with Crippen LogP contribution in [0, 0.1) is 13.8 Å². The molecule has 0 aliphatic carbocycles. The van der Waals surface area contributed by atoms with E-state index in [1.54, 1.807) is 0 Å². The number of aromatic nitrogens is 3. The van der Waals surface area contributed by atoms with Crippen molar-refractivity contribution in [3.05, 3.63) is 65.4 Å². The van der Waals surface area contributed by atoms with E-state index in [0.29, 0.717) is 11.1 Å². The van der Waals surface area contributed by atoms with Gasteiger partial charge in [-0.15, -0.1) is 10.2 Å². The Bertz CT molecular complexity index is 1080. The van der Waals surface area contributed by atoms with Gasteiger partial charge in [-0.05, 0) is 32.0 Å². The third-order valence-corrected chi connectivity index (χ3v) is 5.02. The number of para-hydroxylation sites is 1. The van der Waals surface area contributed by atoms with Crippen LogP contribution in [-0.2, 0) is 0 Å². The first-order valence-corrected chi connectivity index (χ1v) is 9.24. The highest BCUT2D eigenvalue weighted by atomic mass is 32.2. The summed E-state index contributed by atoms with van der Waals surface area (Å²) < 4.78 is 5.68. The van der Waals surface area contributed by atoms with Crippen molar-refractivity contribution >= 4 is 28.4 Å². The fraction of sp³-hybridized carbons (Fsp3) is 0.150. The van der Waals surface area contributed by atoms with Crippen molar-refractivity contribution in [3.8, 4) is 11.5 Å². The Hall–Kier alpha value is -2.86. The molecule has 5 nitrogen and oxygen atoms in total. The highest BCUT2D eigenvalue weighted by Gasteiger charge is 2.17. The largest absolute Gasteiger partial charge is 0.411 e. The van der Waals surface area contributed by atoms with Crippen LogP contribution in [-0.4, -0.2) is 26.7 Å². The van der Waals surface area contributed by atoms with E-state index in [0.717, 1.165) is 27.7 Å². The first-order chi connectivity index (χ1) is 12.6. The number of thioether (sulfide) groups is 1. The summed E-state index contributed by atoms with van der Waals surface area (Å²) in [7, 11) is 0. The molecule has 0 bridgehead atoms. The van der Waals surface area contributed by atoms with Gasteiger partial charge in [0.05, 0.1) is 5.75 Å². The molecule has 0 amide bonds. The summed E-state index contributed by atoms with van der Waals surface area (Å²) in [6.07, 6.45) is 0. The Labute approximate surface area is 154 Å². The topological polar surface area (TPSA) is 71.8 Å². The SMILES string of the molecule is Cc1ccc(-c2nnc(SCC(=O)c3c(C)[nH]c4ccccc34)o2)cc1. The van der Waals surface area contributed by atoms with E-state index in [1.807, 2.05) is 62.4 Å². The third kappa shape index (κ3) is 3.15. The maximum atomic E-state index is 12.7. The van der Waals surface area contributed by atoms with Crippen molar-refractivity contribution in [2.75, 3.05) is 5.75 Å². The lowest BCUT2D eigenvalue weighted by atomic mass is 10.1. The molecule has 2 heterocycles. The number of aryl methyl sites for hydroxylation is 2. The first kappa shape index (κ1) is 16.6. The Morgan fingerprint density at radius 1 is 1.08 bits per heavy atom. The van der Waals surface area contributed by atoms with E-state index < -0.39 is 0 Å². The van der Waals surface area contributed by atoms with Crippen molar-refractivity contribution in [2.24, 2.45) is 0 Å². The molecule has 0 aliphatic heterocycles. The summed E-state index contributed by atoms with van der Waals surface area (Å²) in [5.74, 6) is 0.751. The third-order valence-electron chi connectivity index (χ3n) is 4.20. The molecule has 0 aliphatic rings. The molecular formula is C20H17N3O2S. The molecule has 0 spiro atoms. The molecule has 0 unspecified atom stereocenters. The summed E-state index contributed by atoms with van der Waals surface area (Å²) in [6, 6.07) is 15.7. The number of carbonyl (C=O) groups excluding carboxylic acids is 1. The fourth-order valence-electron chi connectivity index (χ4n) is 2.92. The quantitative estimate of drug-likeness (QED) is 0.407. The Balaban J connectivity index is 1.50. The predicted molar refractivity (Wildman–Crippen MR) is 103 cm³/mol. The van der Waals surface area contributed by atoms with E-state index in [1.165, 1.54) is 17.3 Å². The molecule has 4 rings (SSSR count). The predicted octanol–water partition coefficient (Wildman–Crippen LogP) is 4.81. The minimum atomic E-state index is 0.0417. The number of H-pyrrole nitrogens is 1. The standard InChI is InChI=1S/C20H17N3O2S/c1-12-7-9-14(10-8-12)19-22-23-20(25-19)26-11-17(24)18-13(2)21-16-6-4-3-5-15(16)18/h3-10,21H,11H2,1-2H3. The van der Waals surface area contributed by atoms with Gasteiger partial charge in [0.2, 0.25) is 5.89 Å². The Morgan fingerprint density at radius 3 is 2.65 bits per heavy atom. The number of benzene rings is 2. The zero-order chi connectivity index (χ0) is 18.1. The van der Waals surface area contributed by atoms with E-state index in [4.69, 9.17) is 4.42 Å². The van der Waals surface area contributed by atoms with Gasteiger partial charge in [-0.3, -0.25) is 4.79 Å². The van der Waals surface area contributed by atoms with E-state index in [9.17, 15) is 4.79 Å². The van der Waals surface area contributed by atoms with Crippen LogP contribution in [0.1, 0.15) is 21.6 Å². The number of aromatic amines is 1. The van der Waals surface area contributed by atoms with Gasteiger partial charge in [0, 0.05) is 27.7 Å². The summed E-state index contributed by atoms with van der Waals surface area (Å²) in [6.45, 7) is 3.94. The van der Waals surface area contributed by atoms with Crippen molar-refractivity contribution in [1.29, 1.82) is 0 Å². The highest BCUT2D eigenvalue weighted by molar-refractivity contribution is 7.99. The number of fused-ring (bicyclic) bond motifs is 1. The van der Waals surface area contributed by atoms with Crippen molar-refractivity contribution < 1.29 is 9.21 Å². The number of hydrogen-bond acceptors (Lipinski definition) is 5. The van der Waals surface area contributed by atoms with Crippen LogP contribution in [0.25, 0.3) is 22.4 Å². The van der Waals surface area contributed by atoms with Gasteiger partial charge >= 0.3 is 0 Å². The average Bonchev–Trinajstić information content (AvgIpc) is 3.24. The number of nitrogens with one attached hydrogen (secondary N) is 1. The normalized spacial score (nSPS) is 11.2. The van der Waals surface area contributed by atoms with Crippen LogP contribution in [0.5, 0.6) is 0 Å². The number of rotatable bonds is 5. The molecular weight excluding hydrogens is 346 g/mol. The second-order valence-corrected chi connectivity index (χ2v) is 7.05. The van der Waals surface area contributed by atoms with Crippen molar-refractivity contribution in [2.45, 2.75) is 19.1 Å². The molecule has 0 radical (unpaired) electrons. The van der Waals surface area contributed by atoms with Crippen LogP contribution < -0.4 is 0 Å². The molecule has 26 heavy (non-hydrogen) atoms. The number of carbonyl (C=O) groups is 1. The van der Waals surface area contributed by atoms with E-state index in [-0.39, 0.29) is 11.5 Å². The Kier molecular flexibility index (Phi) is 4.34. The lowest BCUT2D eigenvalue weighted by molar-refractivity contribution is 0.102. The van der Waals surface area contributed by atoms with Crippen molar-refractivity contribution in [1.82, 2.24) is 15.2 Å². The Morgan fingerprint density at radius 2 is 1.85 bits per heavy atom. The number of Topliss-reactive ketones (excluding diaryl/α,β-unsaturated/α-hetero) is 1. The number of hydrogen-bond donors (Lipinski definition) is 1. The lowest BCUT2D eigenvalue weighted by Crippen LogP contribution is -2.03. The maximum Gasteiger partial charge on any atom is 0.277 e. The molecule has 2 aromatic heterocycles. The first-order valence-electron chi connectivity index (χ1n) is 8.25. The summed E-state index contributed by atoms with van der Waals surface area (Å²) in [4.78, 5) is 16.0. The molecule has 0 atom stereocenters. The van der Waals surface area contributed by atoms with Gasteiger partial charge in [0.15, 0.2) is 5.78 Å². The van der Waals surface area contributed by atoms with Crippen LogP contribution in [0.2, 0.25) is 0 Å². The molecule has 0 fully saturated rings. The van der Waals surface area contributed by atoms with Gasteiger partial charge < -0.3 is 9.40 Å². The fourth-order valence-corrected chi connectivity index (χ4v) is 3.55. The summed E-state index contributed by atoms with van der Waals surface area (Å²) >= 11 is 1.26. The lowest BCUT2D eigenvalue weighted by Gasteiger charge is -1.99. The van der Waals surface area contributed by atoms with Gasteiger partial charge in [-0.2, -0.15) is 0 Å². The molecule has 1 N–H and O–H groups in total. The number of nitrogens with zero attached hydrogens (tertiary/aromatic N) is 2. The van der Waals surface area contributed by atoms with Gasteiger partial charge in [0.25, 0.3) is 5.22 Å². The van der Waals surface area contributed by atoms with Crippen LogP contribution in [0.3, 0.4) is 0 Å². The van der Waals surface area contributed by atoms with Gasteiger partial charge in [-0.1, -0.05) is 47.7 Å². The smallest absolute Gasteiger partial charge is 0.277 e.